The van der Waals surface area contributed by atoms with Gasteiger partial charge in [-0.1, -0.05) is 39.8 Å². The molecule has 1 heterocycles. The van der Waals surface area contributed by atoms with Crippen molar-refractivity contribution in [2.45, 2.75) is 58.7 Å². The summed E-state index contributed by atoms with van der Waals surface area (Å²) in [4.78, 5) is 37.6. The van der Waals surface area contributed by atoms with Gasteiger partial charge in [0.25, 0.3) is 5.91 Å². The van der Waals surface area contributed by atoms with E-state index in [-0.39, 0.29) is 11.7 Å². The van der Waals surface area contributed by atoms with E-state index in [0.29, 0.717) is 24.5 Å². The number of carbonyl (C=O) groups excluding carboxylic acids is 3. The van der Waals surface area contributed by atoms with E-state index in [9.17, 15) is 19.5 Å². The fourth-order valence-corrected chi connectivity index (χ4v) is 3.17. The van der Waals surface area contributed by atoms with Gasteiger partial charge in [0.15, 0.2) is 5.78 Å². The summed E-state index contributed by atoms with van der Waals surface area (Å²) in [7, 11) is 0. The lowest BCUT2D eigenvalue weighted by Crippen LogP contribution is -2.54. The van der Waals surface area contributed by atoms with Crippen molar-refractivity contribution in [1.82, 2.24) is 10.6 Å². The Morgan fingerprint density at radius 2 is 1.79 bits per heavy atom. The minimum Gasteiger partial charge on any atom is -0.394 e. The van der Waals surface area contributed by atoms with Gasteiger partial charge in [-0.25, -0.2) is 0 Å². The highest BCUT2D eigenvalue weighted by Gasteiger charge is 2.38. The van der Waals surface area contributed by atoms with E-state index in [0.717, 1.165) is 12.0 Å². The number of hydrogen-bond donors (Lipinski definition) is 3. The van der Waals surface area contributed by atoms with Crippen LogP contribution in [0, 0.1) is 11.8 Å². The number of rotatable bonds is 11. The molecule has 7 heteroatoms. The third-order valence-electron chi connectivity index (χ3n) is 4.66. The van der Waals surface area contributed by atoms with E-state index in [1.165, 1.54) is 0 Å². The Kier molecular flexibility index (Phi) is 8.34. The van der Waals surface area contributed by atoms with Crippen LogP contribution in [0.2, 0.25) is 0 Å². The van der Waals surface area contributed by atoms with Gasteiger partial charge in [-0.2, -0.15) is 0 Å². The van der Waals surface area contributed by atoms with E-state index in [1.54, 1.807) is 18.2 Å². The number of aliphatic hydroxyl groups excluding tert-OH is 1. The minimum absolute atomic E-state index is 0.170. The van der Waals surface area contributed by atoms with Crippen molar-refractivity contribution in [3.63, 3.8) is 0 Å². The summed E-state index contributed by atoms with van der Waals surface area (Å²) in [5.74, 6) is -0.554. The average Bonchev–Trinajstić information content (AvgIpc) is 3.49. The molecule has 0 radical (unpaired) electrons. The van der Waals surface area contributed by atoms with Gasteiger partial charge in [0.2, 0.25) is 5.91 Å². The first-order valence-corrected chi connectivity index (χ1v) is 10.2. The van der Waals surface area contributed by atoms with Gasteiger partial charge in [-0.15, -0.1) is 0 Å². The summed E-state index contributed by atoms with van der Waals surface area (Å²) in [5, 5.41) is 14.9. The lowest BCUT2D eigenvalue weighted by atomic mass is 9.98. The van der Waals surface area contributed by atoms with Crippen LogP contribution in [0.3, 0.4) is 0 Å². The minimum atomic E-state index is -1.14. The molecule has 1 aliphatic heterocycles. The van der Waals surface area contributed by atoms with Crippen LogP contribution in [-0.2, 0) is 20.7 Å². The van der Waals surface area contributed by atoms with Crippen molar-refractivity contribution in [2.75, 3.05) is 13.2 Å². The molecule has 0 aromatic heterocycles. The van der Waals surface area contributed by atoms with Crippen LogP contribution >= 0.6 is 0 Å². The number of ketones is 1. The Labute approximate surface area is 172 Å². The Balaban J connectivity index is 2.02. The Morgan fingerprint density at radius 1 is 1.10 bits per heavy atom. The van der Waals surface area contributed by atoms with Crippen LogP contribution in [0.4, 0.5) is 0 Å². The molecular weight excluding hydrogens is 372 g/mol. The maximum absolute atomic E-state index is 12.6. The largest absolute Gasteiger partial charge is 0.394 e. The summed E-state index contributed by atoms with van der Waals surface area (Å²) >= 11 is 0. The second-order valence-electron chi connectivity index (χ2n) is 8.42. The summed E-state index contributed by atoms with van der Waals surface area (Å²) in [6.45, 7) is 7.91. The van der Waals surface area contributed by atoms with Gasteiger partial charge in [-0.3, -0.25) is 14.4 Å². The molecule has 2 amide bonds. The lowest BCUT2D eigenvalue weighted by Gasteiger charge is -2.22. The SMILES string of the molecule is CC(C)Cc1cccc(C(=O)N[C@@H](CO)C(=O)NC(CC(C)C)C(=O)C2CO2)c1. The first-order valence-electron chi connectivity index (χ1n) is 10.2. The molecule has 0 spiro atoms. The molecule has 160 valence electrons. The van der Waals surface area contributed by atoms with Gasteiger partial charge in [-0.05, 0) is 42.4 Å². The van der Waals surface area contributed by atoms with E-state index in [2.05, 4.69) is 24.5 Å². The van der Waals surface area contributed by atoms with Gasteiger partial charge < -0.3 is 20.5 Å². The number of benzene rings is 1. The second-order valence-corrected chi connectivity index (χ2v) is 8.42. The zero-order valence-electron chi connectivity index (χ0n) is 17.6. The van der Waals surface area contributed by atoms with Gasteiger partial charge >= 0.3 is 0 Å². The predicted octanol–water partition coefficient (Wildman–Crippen LogP) is 1.47. The van der Waals surface area contributed by atoms with Crippen LogP contribution in [0.1, 0.15) is 50.0 Å². The van der Waals surface area contributed by atoms with E-state index in [4.69, 9.17) is 4.74 Å². The highest BCUT2D eigenvalue weighted by molar-refractivity contribution is 5.99. The van der Waals surface area contributed by atoms with E-state index >= 15 is 0 Å². The molecule has 3 atom stereocenters. The van der Waals surface area contributed by atoms with Crippen LogP contribution < -0.4 is 10.6 Å². The predicted molar refractivity (Wildman–Crippen MR) is 109 cm³/mol. The van der Waals surface area contributed by atoms with E-state index < -0.39 is 36.6 Å². The molecule has 0 aliphatic carbocycles. The number of nitrogens with one attached hydrogen (secondary N) is 2. The van der Waals surface area contributed by atoms with Crippen molar-refractivity contribution < 1.29 is 24.2 Å². The fraction of sp³-hybridized carbons (Fsp3) is 0.591. The van der Waals surface area contributed by atoms with Crippen molar-refractivity contribution in [2.24, 2.45) is 11.8 Å². The number of epoxide rings is 1. The third kappa shape index (κ3) is 7.25. The summed E-state index contributed by atoms with van der Waals surface area (Å²) in [6, 6.07) is 5.37. The second kappa shape index (κ2) is 10.5. The number of Topliss-reactive ketones (excluding diaryl/α,β-unsaturated/α-hetero) is 1. The summed E-state index contributed by atoms with van der Waals surface area (Å²) < 4.78 is 5.04. The smallest absolute Gasteiger partial charge is 0.252 e. The molecule has 0 saturated carbocycles. The number of amides is 2. The standard InChI is InChI=1S/C22H32N2O5/c1-13(2)8-15-6-5-7-16(10-15)21(27)24-18(11-25)22(28)23-17(9-14(3)4)20(26)19-12-29-19/h5-7,10,13-14,17-19,25H,8-9,11-12H2,1-4H3,(H,23,28)(H,24,27)/t17?,18-,19?/m0/s1. The zero-order chi connectivity index (χ0) is 21.6. The van der Waals surface area contributed by atoms with Crippen molar-refractivity contribution in [1.29, 1.82) is 0 Å². The summed E-state index contributed by atoms with van der Waals surface area (Å²) in [6.07, 6.45) is 0.839. The lowest BCUT2D eigenvalue weighted by molar-refractivity contribution is -0.130. The van der Waals surface area contributed by atoms with Gasteiger partial charge in [0, 0.05) is 5.56 Å². The molecule has 2 unspecified atom stereocenters. The third-order valence-corrected chi connectivity index (χ3v) is 4.66. The first-order chi connectivity index (χ1) is 13.7. The van der Waals surface area contributed by atoms with Crippen molar-refractivity contribution in [3.05, 3.63) is 35.4 Å². The Morgan fingerprint density at radius 3 is 2.34 bits per heavy atom. The molecule has 3 N–H and O–H groups in total. The topological polar surface area (TPSA) is 108 Å². The first kappa shape index (κ1) is 23.0. The normalized spacial score (nSPS) is 17.7. The number of hydrogen-bond acceptors (Lipinski definition) is 5. The van der Waals surface area contributed by atoms with Gasteiger partial charge in [0.1, 0.15) is 12.1 Å². The Bertz CT molecular complexity index is 728. The summed E-state index contributed by atoms with van der Waals surface area (Å²) in [5.41, 5.74) is 1.46. The number of carbonyl (C=O) groups is 3. The number of aliphatic hydroxyl groups is 1. The van der Waals surface area contributed by atoms with Crippen LogP contribution in [0.5, 0.6) is 0 Å². The van der Waals surface area contributed by atoms with E-state index in [1.807, 2.05) is 19.9 Å². The fourth-order valence-electron chi connectivity index (χ4n) is 3.17. The molecule has 29 heavy (non-hydrogen) atoms. The molecule has 1 aromatic carbocycles. The van der Waals surface area contributed by atoms with Crippen LogP contribution in [-0.4, -0.2) is 54.1 Å². The molecule has 0 bridgehead atoms. The molecule has 1 aromatic rings. The van der Waals surface area contributed by atoms with Crippen molar-refractivity contribution in [3.8, 4) is 0 Å². The monoisotopic (exact) mass is 404 g/mol. The van der Waals surface area contributed by atoms with Crippen molar-refractivity contribution >= 4 is 17.6 Å². The molecule has 2 rings (SSSR count). The quantitative estimate of drug-likeness (QED) is 0.484. The maximum atomic E-state index is 12.6. The highest BCUT2D eigenvalue weighted by atomic mass is 16.6. The molecule has 7 nitrogen and oxygen atoms in total. The molecular formula is C22H32N2O5. The highest BCUT2D eigenvalue weighted by Crippen LogP contribution is 2.17. The van der Waals surface area contributed by atoms with Crippen LogP contribution in [0.25, 0.3) is 0 Å². The molecule has 1 saturated heterocycles. The zero-order valence-corrected chi connectivity index (χ0v) is 17.6. The van der Waals surface area contributed by atoms with Crippen LogP contribution in [0.15, 0.2) is 24.3 Å². The maximum Gasteiger partial charge on any atom is 0.252 e. The Hall–Kier alpha value is -2.25. The number of ether oxygens (including phenoxy) is 1. The van der Waals surface area contributed by atoms with Gasteiger partial charge in [0.05, 0.1) is 19.3 Å². The molecule has 1 fully saturated rings. The average molecular weight is 405 g/mol. The molecule has 1 aliphatic rings.